The molecule has 2 aliphatic rings. The van der Waals surface area contributed by atoms with Crippen LogP contribution in [0.25, 0.3) is 0 Å². The number of rotatable bonds is 2. The van der Waals surface area contributed by atoms with Crippen LogP contribution in [0.15, 0.2) is 48.5 Å². The summed E-state index contributed by atoms with van der Waals surface area (Å²) in [6.07, 6.45) is 14.4. The summed E-state index contributed by atoms with van der Waals surface area (Å²) in [4.78, 5) is 0. The predicted octanol–water partition coefficient (Wildman–Crippen LogP) is 0.912. The Morgan fingerprint density at radius 1 is 0.480 bits per heavy atom. The Kier molecular flexibility index (Phi) is 14.3. The Balaban J connectivity index is 0.000000411. The molecule has 0 saturated heterocycles. The van der Waals surface area contributed by atoms with E-state index in [4.69, 9.17) is 0 Å². The quantitative estimate of drug-likeness (QED) is 0.590. The van der Waals surface area contributed by atoms with E-state index in [1.165, 1.54) is 64.2 Å². The Hall–Kier alpha value is 0.163. The van der Waals surface area contributed by atoms with Gasteiger partial charge in [0, 0.05) is 0 Å². The van der Waals surface area contributed by atoms with E-state index in [1.54, 1.807) is 11.1 Å². The molecule has 0 spiro atoms. The van der Waals surface area contributed by atoms with E-state index in [9.17, 15) is 0 Å². The van der Waals surface area contributed by atoms with Crippen LogP contribution >= 0.6 is 0 Å². The minimum Gasteiger partial charge on any atom is -1.00 e. The molecule has 0 atom stereocenters. The first-order chi connectivity index (χ1) is 10.9. The Labute approximate surface area is 185 Å². The summed E-state index contributed by atoms with van der Waals surface area (Å²) in [5.74, 6) is 1.78. The molecule has 2 aliphatic carbocycles. The molecule has 0 bridgehead atoms. The number of hydrogen-bond donors (Lipinski definition) is 0. The van der Waals surface area contributed by atoms with Crippen LogP contribution in [0.5, 0.6) is 0 Å². The standard InChI is InChI=1S/2C11H15.2ClH.Zr/c2*1-2-6-10(7-3-1)11-8-4-5-9-11;;;/h2*4-5,8-10H,1-3,6-7H2;2*1H;/q2*-1;;;+4/p-2. The van der Waals surface area contributed by atoms with Crippen LogP contribution in [0.3, 0.4) is 0 Å². The second-order valence-electron chi connectivity index (χ2n) is 7.11. The predicted molar refractivity (Wildman–Crippen MR) is 95.7 cm³/mol. The van der Waals surface area contributed by atoms with Gasteiger partial charge in [0.2, 0.25) is 0 Å². The van der Waals surface area contributed by atoms with Crippen molar-refractivity contribution in [3.63, 3.8) is 0 Å². The fourth-order valence-corrected chi connectivity index (χ4v) is 4.19. The topological polar surface area (TPSA) is 0 Å². The van der Waals surface area contributed by atoms with Crippen molar-refractivity contribution in [2.75, 3.05) is 0 Å². The summed E-state index contributed by atoms with van der Waals surface area (Å²) in [5.41, 5.74) is 3.15. The largest absolute Gasteiger partial charge is 4.00 e. The first-order valence-corrected chi connectivity index (χ1v) is 9.37. The van der Waals surface area contributed by atoms with Gasteiger partial charge in [0.25, 0.3) is 0 Å². The van der Waals surface area contributed by atoms with Crippen molar-refractivity contribution in [3.8, 4) is 0 Å². The third-order valence-corrected chi connectivity index (χ3v) is 5.53. The Morgan fingerprint density at radius 2 is 0.760 bits per heavy atom. The second kappa shape index (κ2) is 14.2. The normalized spacial score (nSPS) is 17.9. The van der Waals surface area contributed by atoms with Crippen molar-refractivity contribution in [3.05, 3.63) is 59.7 Å². The van der Waals surface area contributed by atoms with Gasteiger partial charge in [0.15, 0.2) is 0 Å². The van der Waals surface area contributed by atoms with Gasteiger partial charge in [-0.2, -0.15) is 35.4 Å². The Bertz CT molecular complexity index is 444. The first kappa shape index (κ1) is 25.2. The van der Waals surface area contributed by atoms with Crippen molar-refractivity contribution in [1.82, 2.24) is 0 Å². The van der Waals surface area contributed by atoms with Crippen LogP contribution in [-0.4, -0.2) is 0 Å². The smallest absolute Gasteiger partial charge is 1.00 e. The summed E-state index contributed by atoms with van der Waals surface area (Å²) in [6.45, 7) is 0. The van der Waals surface area contributed by atoms with Crippen LogP contribution in [0.2, 0.25) is 0 Å². The van der Waals surface area contributed by atoms with Gasteiger partial charge in [-0.1, -0.05) is 76.0 Å². The molecule has 2 fully saturated rings. The van der Waals surface area contributed by atoms with Gasteiger partial charge in [-0.3, -0.25) is 0 Å². The van der Waals surface area contributed by atoms with Gasteiger partial charge in [-0.05, 0) is 0 Å². The summed E-state index contributed by atoms with van der Waals surface area (Å²) in [7, 11) is 0. The van der Waals surface area contributed by atoms with E-state index in [-0.39, 0.29) is 51.0 Å². The van der Waals surface area contributed by atoms with Crippen molar-refractivity contribution < 1.29 is 51.0 Å². The molecule has 3 heteroatoms. The van der Waals surface area contributed by atoms with Gasteiger partial charge in [-0.15, -0.1) is 0 Å². The van der Waals surface area contributed by atoms with Gasteiger partial charge in [0.1, 0.15) is 0 Å². The molecular formula is C22H30Cl2Zr. The second-order valence-corrected chi connectivity index (χ2v) is 7.11. The van der Waals surface area contributed by atoms with E-state index in [1.807, 2.05) is 0 Å². The van der Waals surface area contributed by atoms with Crippen molar-refractivity contribution in [1.29, 1.82) is 0 Å². The molecule has 0 radical (unpaired) electrons. The average Bonchev–Trinajstić information content (AvgIpc) is 3.31. The van der Waals surface area contributed by atoms with Crippen LogP contribution < -0.4 is 24.8 Å². The fourth-order valence-electron chi connectivity index (χ4n) is 4.19. The van der Waals surface area contributed by atoms with Crippen molar-refractivity contribution >= 4 is 0 Å². The van der Waals surface area contributed by atoms with E-state index in [0.29, 0.717) is 0 Å². The maximum Gasteiger partial charge on any atom is 4.00 e. The molecule has 0 aliphatic heterocycles. The molecule has 0 N–H and O–H groups in total. The number of hydrogen-bond acceptors (Lipinski definition) is 0. The minimum absolute atomic E-state index is 0. The molecule has 0 heterocycles. The van der Waals surface area contributed by atoms with Crippen molar-refractivity contribution in [2.24, 2.45) is 0 Å². The molecule has 2 aromatic carbocycles. The minimum atomic E-state index is 0. The number of halogens is 2. The van der Waals surface area contributed by atoms with Gasteiger partial charge in [-0.25, -0.2) is 24.3 Å². The molecule has 4 rings (SSSR count). The van der Waals surface area contributed by atoms with E-state index in [0.717, 1.165) is 11.8 Å². The summed E-state index contributed by atoms with van der Waals surface area (Å²) in [5, 5.41) is 0. The summed E-state index contributed by atoms with van der Waals surface area (Å²) >= 11 is 0. The van der Waals surface area contributed by atoms with E-state index < -0.39 is 0 Å². The fraction of sp³-hybridized carbons (Fsp3) is 0.545. The van der Waals surface area contributed by atoms with Crippen LogP contribution in [0.1, 0.15) is 87.2 Å². The van der Waals surface area contributed by atoms with Gasteiger partial charge < -0.3 is 24.8 Å². The molecule has 0 amide bonds. The molecule has 0 aromatic heterocycles. The van der Waals surface area contributed by atoms with Crippen LogP contribution in [0.4, 0.5) is 0 Å². The van der Waals surface area contributed by atoms with Crippen LogP contribution in [-0.2, 0) is 26.2 Å². The zero-order valence-corrected chi connectivity index (χ0v) is 19.1. The molecule has 2 aromatic rings. The monoisotopic (exact) mass is 454 g/mol. The molecular weight excluding hydrogens is 426 g/mol. The molecule has 25 heavy (non-hydrogen) atoms. The maximum atomic E-state index is 2.27. The van der Waals surface area contributed by atoms with E-state index in [2.05, 4.69) is 48.5 Å². The zero-order valence-electron chi connectivity index (χ0n) is 15.1. The first-order valence-electron chi connectivity index (χ1n) is 9.37. The SMILES string of the molecule is [Cl-].[Cl-].[Zr+4].c1cc[c-](C2CCCCC2)c1.c1cc[c-](C2CCCCC2)c1. The molecule has 0 nitrogen and oxygen atoms in total. The molecule has 2 saturated carbocycles. The third-order valence-electron chi connectivity index (χ3n) is 5.53. The Morgan fingerprint density at radius 3 is 1.04 bits per heavy atom. The van der Waals surface area contributed by atoms with Gasteiger partial charge >= 0.3 is 26.2 Å². The molecule has 136 valence electrons. The van der Waals surface area contributed by atoms with Crippen LogP contribution in [0, 0.1) is 0 Å². The van der Waals surface area contributed by atoms with E-state index >= 15 is 0 Å². The van der Waals surface area contributed by atoms with Crippen molar-refractivity contribution in [2.45, 2.75) is 76.0 Å². The average molecular weight is 457 g/mol. The van der Waals surface area contributed by atoms with Gasteiger partial charge in [0.05, 0.1) is 0 Å². The zero-order chi connectivity index (χ0) is 15.0. The third kappa shape index (κ3) is 8.15. The summed E-state index contributed by atoms with van der Waals surface area (Å²) < 4.78 is 0. The maximum absolute atomic E-state index is 2.27. The molecule has 0 unspecified atom stereocenters. The summed E-state index contributed by atoms with van der Waals surface area (Å²) in [6, 6.07) is 17.7.